The molecule has 0 spiro atoms. The van der Waals surface area contributed by atoms with E-state index in [4.69, 9.17) is 16.3 Å². The molecule has 0 radical (unpaired) electrons. The van der Waals surface area contributed by atoms with Gasteiger partial charge in [-0.1, -0.05) is 17.7 Å². The van der Waals surface area contributed by atoms with Crippen molar-refractivity contribution in [3.05, 3.63) is 58.6 Å². The summed E-state index contributed by atoms with van der Waals surface area (Å²) in [6.07, 6.45) is 0. The number of amides is 1. The maximum Gasteiger partial charge on any atom is 0.262 e. The Morgan fingerprint density at radius 2 is 1.95 bits per heavy atom. The van der Waals surface area contributed by atoms with Gasteiger partial charge in [-0.3, -0.25) is 4.79 Å². The Balaban J connectivity index is 1.95. The molecule has 2 aromatic rings. The standard InChI is InChI=1S/C15H12ClF2NO2/c1-9-2-4-11(16)14(6-9)21-8-15(20)19-10-3-5-12(17)13(18)7-10/h2-7H,8H2,1H3,(H,19,20). The SMILES string of the molecule is Cc1ccc(Cl)c(OCC(=O)Nc2ccc(F)c(F)c2)c1. The number of hydrogen-bond donors (Lipinski definition) is 1. The molecule has 0 bridgehead atoms. The molecular weight excluding hydrogens is 300 g/mol. The molecule has 0 aliphatic heterocycles. The largest absolute Gasteiger partial charge is 0.482 e. The van der Waals surface area contributed by atoms with Gasteiger partial charge in [-0.25, -0.2) is 8.78 Å². The second kappa shape index (κ2) is 6.54. The van der Waals surface area contributed by atoms with Gasteiger partial charge in [0.15, 0.2) is 18.2 Å². The number of carbonyl (C=O) groups excluding carboxylic acids is 1. The van der Waals surface area contributed by atoms with Gasteiger partial charge in [0.2, 0.25) is 0 Å². The molecule has 0 unspecified atom stereocenters. The zero-order valence-electron chi connectivity index (χ0n) is 11.1. The molecule has 3 nitrogen and oxygen atoms in total. The highest BCUT2D eigenvalue weighted by Crippen LogP contribution is 2.25. The molecule has 0 saturated carbocycles. The Kier molecular flexibility index (Phi) is 4.75. The first kappa shape index (κ1) is 15.3. The second-order valence-corrected chi connectivity index (χ2v) is 4.81. The van der Waals surface area contributed by atoms with Gasteiger partial charge >= 0.3 is 0 Å². The van der Waals surface area contributed by atoms with Crippen LogP contribution in [0.5, 0.6) is 5.75 Å². The highest BCUT2D eigenvalue weighted by molar-refractivity contribution is 6.32. The first-order valence-corrected chi connectivity index (χ1v) is 6.47. The molecule has 0 aromatic heterocycles. The van der Waals surface area contributed by atoms with Crippen LogP contribution in [0.15, 0.2) is 36.4 Å². The van der Waals surface area contributed by atoms with Gasteiger partial charge < -0.3 is 10.1 Å². The van der Waals surface area contributed by atoms with Gasteiger partial charge in [0.25, 0.3) is 5.91 Å². The minimum absolute atomic E-state index is 0.151. The first-order chi connectivity index (χ1) is 9.95. The van der Waals surface area contributed by atoms with Crippen molar-refractivity contribution in [1.29, 1.82) is 0 Å². The first-order valence-electron chi connectivity index (χ1n) is 6.09. The lowest BCUT2D eigenvalue weighted by atomic mass is 10.2. The van der Waals surface area contributed by atoms with Crippen LogP contribution in [-0.4, -0.2) is 12.5 Å². The summed E-state index contributed by atoms with van der Waals surface area (Å²) in [6.45, 7) is 1.58. The predicted molar refractivity (Wildman–Crippen MR) is 76.7 cm³/mol. The number of halogens is 3. The van der Waals surface area contributed by atoms with Crippen LogP contribution in [0, 0.1) is 18.6 Å². The predicted octanol–water partition coefficient (Wildman–Crippen LogP) is 3.94. The van der Waals surface area contributed by atoms with Crippen molar-refractivity contribution in [2.45, 2.75) is 6.92 Å². The van der Waals surface area contributed by atoms with Crippen LogP contribution in [0.25, 0.3) is 0 Å². The number of aryl methyl sites for hydroxylation is 1. The van der Waals surface area contributed by atoms with Crippen LogP contribution in [0.2, 0.25) is 5.02 Å². The number of rotatable bonds is 4. The number of ether oxygens (including phenoxy) is 1. The number of carbonyl (C=O) groups is 1. The minimum atomic E-state index is -1.03. The van der Waals surface area contributed by atoms with Crippen LogP contribution < -0.4 is 10.1 Å². The third-order valence-corrected chi connectivity index (χ3v) is 2.96. The maximum atomic E-state index is 13.0. The lowest BCUT2D eigenvalue weighted by molar-refractivity contribution is -0.118. The lowest BCUT2D eigenvalue weighted by Crippen LogP contribution is -2.20. The zero-order chi connectivity index (χ0) is 15.4. The van der Waals surface area contributed by atoms with E-state index in [0.717, 1.165) is 17.7 Å². The Morgan fingerprint density at radius 3 is 2.67 bits per heavy atom. The molecule has 0 heterocycles. The number of hydrogen-bond acceptors (Lipinski definition) is 2. The Morgan fingerprint density at radius 1 is 1.19 bits per heavy atom. The summed E-state index contributed by atoms with van der Waals surface area (Å²) in [5.41, 5.74) is 1.09. The van der Waals surface area contributed by atoms with E-state index >= 15 is 0 Å². The smallest absolute Gasteiger partial charge is 0.262 e. The van der Waals surface area contributed by atoms with E-state index in [1.807, 2.05) is 13.0 Å². The highest BCUT2D eigenvalue weighted by Gasteiger charge is 2.08. The molecule has 1 amide bonds. The highest BCUT2D eigenvalue weighted by atomic mass is 35.5. The van der Waals surface area contributed by atoms with Gasteiger partial charge in [0, 0.05) is 11.8 Å². The Labute approximate surface area is 125 Å². The van der Waals surface area contributed by atoms with Gasteiger partial charge in [-0.15, -0.1) is 0 Å². The fourth-order valence-corrected chi connectivity index (χ4v) is 1.81. The molecule has 0 fully saturated rings. The van der Waals surface area contributed by atoms with E-state index in [9.17, 15) is 13.6 Å². The number of benzene rings is 2. The summed E-state index contributed by atoms with van der Waals surface area (Å²) < 4.78 is 31.1. The monoisotopic (exact) mass is 311 g/mol. The third-order valence-electron chi connectivity index (χ3n) is 2.65. The van der Waals surface area contributed by atoms with Crippen molar-refractivity contribution in [2.75, 3.05) is 11.9 Å². The van der Waals surface area contributed by atoms with Gasteiger partial charge in [-0.2, -0.15) is 0 Å². The van der Waals surface area contributed by atoms with Crippen molar-refractivity contribution in [3.63, 3.8) is 0 Å². The third kappa shape index (κ3) is 4.16. The fraction of sp³-hybridized carbons (Fsp3) is 0.133. The van der Waals surface area contributed by atoms with Gasteiger partial charge in [-0.05, 0) is 36.8 Å². The molecule has 2 aromatic carbocycles. The molecule has 0 saturated heterocycles. The quantitative estimate of drug-likeness (QED) is 0.928. The van der Waals surface area contributed by atoms with Crippen LogP contribution >= 0.6 is 11.6 Å². The van der Waals surface area contributed by atoms with E-state index in [1.54, 1.807) is 12.1 Å². The van der Waals surface area contributed by atoms with E-state index in [2.05, 4.69) is 5.32 Å². The normalized spacial score (nSPS) is 10.3. The lowest BCUT2D eigenvalue weighted by Gasteiger charge is -2.09. The van der Waals surface area contributed by atoms with Crippen molar-refractivity contribution >= 4 is 23.2 Å². The maximum absolute atomic E-state index is 13.0. The summed E-state index contributed by atoms with van der Waals surface area (Å²) in [7, 11) is 0. The van der Waals surface area contributed by atoms with Crippen molar-refractivity contribution < 1.29 is 18.3 Å². The molecule has 6 heteroatoms. The summed E-state index contributed by atoms with van der Waals surface area (Å²) in [5, 5.41) is 2.79. The van der Waals surface area contributed by atoms with E-state index in [1.165, 1.54) is 6.07 Å². The summed E-state index contributed by atoms with van der Waals surface area (Å²) in [6, 6.07) is 8.27. The average molecular weight is 312 g/mol. The molecule has 21 heavy (non-hydrogen) atoms. The average Bonchev–Trinajstić information content (AvgIpc) is 2.44. The Hall–Kier alpha value is -2.14. The van der Waals surface area contributed by atoms with Crippen molar-refractivity contribution in [1.82, 2.24) is 0 Å². The van der Waals surface area contributed by atoms with E-state index in [0.29, 0.717) is 10.8 Å². The summed E-state index contributed by atoms with van der Waals surface area (Å²) in [5.74, 6) is -2.12. The molecule has 1 N–H and O–H groups in total. The molecular formula is C15H12ClF2NO2. The zero-order valence-corrected chi connectivity index (χ0v) is 11.9. The van der Waals surface area contributed by atoms with Crippen LogP contribution in [0.3, 0.4) is 0 Å². The fourth-order valence-electron chi connectivity index (χ4n) is 1.64. The van der Waals surface area contributed by atoms with Crippen molar-refractivity contribution in [2.24, 2.45) is 0 Å². The van der Waals surface area contributed by atoms with Gasteiger partial charge in [0.1, 0.15) is 5.75 Å². The molecule has 2 rings (SSSR count). The van der Waals surface area contributed by atoms with E-state index < -0.39 is 17.5 Å². The number of anilines is 1. The minimum Gasteiger partial charge on any atom is -0.482 e. The topological polar surface area (TPSA) is 38.3 Å². The van der Waals surface area contributed by atoms with Crippen molar-refractivity contribution in [3.8, 4) is 5.75 Å². The van der Waals surface area contributed by atoms with Crippen LogP contribution in [0.4, 0.5) is 14.5 Å². The molecule has 0 aliphatic carbocycles. The van der Waals surface area contributed by atoms with E-state index in [-0.39, 0.29) is 12.3 Å². The second-order valence-electron chi connectivity index (χ2n) is 4.40. The molecule has 0 aliphatic rings. The number of nitrogens with one attached hydrogen (secondary N) is 1. The molecule has 0 atom stereocenters. The Bertz CT molecular complexity index is 677. The summed E-state index contributed by atoms with van der Waals surface area (Å²) >= 11 is 5.93. The van der Waals surface area contributed by atoms with Gasteiger partial charge in [0.05, 0.1) is 5.02 Å². The van der Waals surface area contributed by atoms with Crippen LogP contribution in [-0.2, 0) is 4.79 Å². The summed E-state index contributed by atoms with van der Waals surface area (Å²) in [4.78, 5) is 11.7. The molecule has 110 valence electrons. The van der Waals surface area contributed by atoms with Crippen LogP contribution in [0.1, 0.15) is 5.56 Å².